The smallest absolute Gasteiger partial charge is 0.549 e. The number of allylic oxidation sites excluding steroid dienone is 1. The van der Waals surface area contributed by atoms with Gasteiger partial charge in [-0.1, -0.05) is 6.08 Å². The van der Waals surface area contributed by atoms with Crippen molar-refractivity contribution in [1.29, 1.82) is 0 Å². The topological polar surface area (TPSA) is 80.3 Å². The summed E-state index contributed by atoms with van der Waals surface area (Å²) in [6.45, 7) is 0. The molecule has 0 fully saturated rings. The van der Waals surface area contributed by atoms with Crippen molar-refractivity contribution in [3.63, 3.8) is 0 Å². The Labute approximate surface area is 116 Å². The summed E-state index contributed by atoms with van der Waals surface area (Å²) in [5.41, 5.74) is -0.138. The fourth-order valence-electron chi connectivity index (χ4n) is 1.35. The van der Waals surface area contributed by atoms with Gasteiger partial charge in [-0.15, -0.1) is 0 Å². The van der Waals surface area contributed by atoms with E-state index in [1.165, 1.54) is 6.08 Å². The first-order valence-electron chi connectivity index (χ1n) is 3.75. The Hall–Kier alpha value is 0.251. The van der Waals surface area contributed by atoms with Crippen molar-refractivity contribution in [2.24, 2.45) is 5.92 Å². The van der Waals surface area contributed by atoms with Crippen LogP contribution in [0.4, 0.5) is 0 Å². The zero-order chi connectivity index (χ0) is 9.14. The van der Waals surface area contributed by atoms with Crippen molar-refractivity contribution >= 4 is 60.8 Å². The van der Waals surface area contributed by atoms with Crippen molar-refractivity contribution < 1.29 is 19.8 Å². The third kappa shape index (κ3) is 3.47. The Morgan fingerprint density at radius 1 is 1.38 bits per heavy atom. The Kier molecular flexibility index (Phi) is 5.99. The van der Waals surface area contributed by atoms with Crippen LogP contribution in [-0.2, 0) is 9.59 Å². The molecule has 0 saturated carbocycles. The standard InChI is InChI=1S/C8H10O4.Ba/c9-7(10)5-3-1-2-4-6(5)8(11)12;/h3,6H,1-2,4H2,(H,9,10)(H,11,12);/q;+2/p-2. The van der Waals surface area contributed by atoms with E-state index < -0.39 is 17.9 Å². The average molecular weight is 305 g/mol. The predicted octanol–water partition coefficient (Wildman–Crippen LogP) is -2.17. The number of hydrogen-bond acceptors (Lipinski definition) is 4. The van der Waals surface area contributed by atoms with Crippen molar-refractivity contribution in [2.45, 2.75) is 19.3 Å². The molecule has 1 aliphatic carbocycles. The largest absolute Gasteiger partial charge is 2.00 e. The van der Waals surface area contributed by atoms with Crippen LogP contribution in [0, 0.1) is 5.92 Å². The summed E-state index contributed by atoms with van der Waals surface area (Å²) in [7, 11) is 0. The van der Waals surface area contributed by atoms with E-state index in [0.717, 1.165) is 0 Å². The normalized spacial score (nSPS) is 21.2. The number of rotatable bonds is 2. The summed E-state index contributed by atoms with van der Waals surface area (Å²) in [5, 5.41) is 20.8. The molecule has 0 saturated heterocycles. The Bertz CT molecular complexity index is 247. The minimum atomic E-state index is -1.40. The number of carbonyl (C=O) groups is 2. The molecule has 1 rings (SSSR count). The second-order valence-corrected chi connectivity index (χ2v) is 2.75. The van der Waals surface area contributed by atoms with Gasteiger partial charge < -0.3 is 19.8 Å². The van der Waals surface area contributed by atoms with E-state index in [1.807, 2.05) is 0 Å². The second-order valence-electron chi connectivity index (χ2n) is 2.75. The summed E-state index contributed by atoms with van der Waals surface area (Å²) in [5.74, 6) is -3.71. The van der Waals surface area contributed by atoms with Crippen molar-refractivity contribution in [3.05, 3.63) is 11.6 Å². The second kappa shape index (κ2) is 5.87. The Balaban J connectivity index is 0.00000144. The SMILES string of the molecule is O=C([O-])C1=CCCCC1C(=O)[O-].[Ba+2]. The number of carbonyl (C=O) groups excluding carboxylic acids is 2. The number of hydrogen-bond donors (Lipinski definition) is 0. The fourth-order valence-corrected chi connectivity index (χ4v) is 1.35. The van der Waals surface area contributed by atoms with Gasteiger partial charge in [0.2, 0.25) is 0 Å². The molecule has 0 aromatic carbocycles. The van der Waals surface area contributed by atoms with E-state index >= 15 is 0 Å². The third-order valence-corrected chi connectivity index (χ3v) is 1.96. The molecule has 0 radical (unpaired) electrons. The van der Waals surface area contributed by atoms with Crippen LogP contribution in [0.2, 0.25) is 0 Å². The number of carboxylic acids is 2. The summed E-state index contributed by atoms with van der Waals surface area (Å²) in [4.78, 5) is 20.8. The molecular formula is C8H8BaO4. The summed E-state index contributed by atoms with van der Waals surface area (Å²) < 4.78 is 0. The molecule has 0 N–H and O–H groups in total. The number of carboxylic acid groups (broad SMARTS) is 2. The molecule has 0 aromatic rings. The first-order valence-corrected chi connectivity index (χ1v) is 3.75. The zero-order valence-electron chi connectivity index (χ0n) is 7.12. The average Bonchev–Trinajstić information content (AvgIpc) is 2.04. The molecule has 13 heavy (non-hydrogen) atoms. The predicted molar refractivity (Wildman–Crippen MR) is 41.2 cm³/mol. The summed E-state index contributed by atoms with van der Waals surface area (Å²) in [6, 6.07) is 0. The fraction of sp³-hybridized carbons (Fsp3) is 0.500. The van der Waals surface area contributed by atoms with Crippen molar-refractivity contribution in [2.75, 3.05) is 0 Å². The van der Waals surface area contributed by atoms with Crippen LogP contribution in [0.5, 0.6) is 0 Å². The van der Waals surface area contributed by atoms with E-state index in [2.05, 4.69) is 0 Å². The van der Waals surface area contributed by atoms with Crippen LogP contribution in [0.3, 0.4) is 0 Å². The monoisotopic (exact) mass is 306 g/mol. The van der Waals surface area contributed by atoms with E-state index in [4.69, 9.17) is 0 Å². The maximum atomic E-state index is 10.4. The summed E-state index contributed by atoms with van der Waals surface area (Å²) >= 11 is 0. The van der Waals surface area contributed by atoms with Crippen LogP contribution >= 0.6 is 0 Å². The molecule has 0 spiro atoms. The van der Waals surface area contributed by atoms with Crippen LogP contribution in [0.1, 0.15) is 19.3 Å². The quantitative estimate of drug-likeness (QED) is 0.544. The van der Waals surface area contributed by atoms with Gasteiger partial charge in [0.05, 0.1) is 5.97 Å². The van der Waals surface area contributed by atoms with E-state index in [-0.39, 0.29) is 54.5 Å². The molecule has 0 amide bonds. The third-order valence-electron chi connectivity index (χ3n) is 1.96. The van der Waals surface area contributed by atoms with Gasteiger partial charge in [-0.25, -0.2) is 0 Å². The molecule has 4 nitrogen and oxygen atoms in total. The van der Waals surface area contributed by atoms with Gasteiger partial charge in [0.25, 0.3) is 0 Å². The number of aliphatic carboxylic acids is 2. The minimum Gasteiger partial charge on any atom is -0.549 e. The minimum absolute atomic E-state index is 0. The van der Waals surface area contributed by atoms with Crippen LogP contribution in [0.25, 0.3) is 0 Å². The van der Waals surface area contributed by atoms with Gasteiger partial charge in [-0.3, -0.25) is 0 Å². The molecule has 0 aromatic heterocycles. The van der Waals surface area contributed by atoms with E-state index in [9.17, 15) is 19.8 Å². The van der Waals surface area contributed by atoms with Gasteiger partial charge in [0.1, 0.15) is 0 Å². The van der Waals surface area contributed by atoms with Gasteiger partial charge in [-0.2, -0.15) is 0 Å². The van der Waals surface area contributed by atoms with Crippen LogP contribution < -0.4 is 10.2 Å². The Morgan fingerprint density at radius 3 is 2.38 bits per heavy atom. The first kappa shape index (κ1) is 13.3. The van der Waals surface area contributed by atoms with Gasteiger partial charge in [0, 0.05) is 11.9 Å². The van der Waals surface area contributed by atoms with Gasteiger partial charge in [-0.05, 0) is 24.8 Å². The first-order chi connectivity index (χ1) is 5.63. The van der Waals surface area contributed by atoms with Crippen molar-refractivity contribution in [1.82, 2.24) is 0 Å². The maximum absolute atomic E-state index is 10.4. The van der Waals surface area contributed by atoms with E-state index in [0.29, 0.717) is 19.3 Å². The molecular weight excluding hydrogens is 297 g/mol. The van der Waals surface area contributed by atoms with Crippen molar-refractivity contribution in [3.8, 4) is 0 Å². The molecule has 0 aliphatic heterocycles. The molecule has 66 valence electrons. The molecule has 0 bridgehead atoms. The van der Waals surface area contributed by atoms with Gasteiger partial charge >= 0.3 is 48.9 Å². The summed E-state index contributed by atoms with van der Waals surface area (Å²) in [6.07, 6.45) is 3.03. The van der Waals surface area contributed by atoms with E-state index in [1.54, 1.807) is 0 Å². The molecule has 1 unspecified atom stereocenters. The molecule has 5 heteroatoms. The van der Waals surface area contributed by atoms with Gasteiger partial charge in [0.15, 0.2) is 0 Å². The molecule has 1 aliphatic rings. The van der Waals surface area contributed by atoms with Crippen LogP contribution in [-0.4, -0.2) is 60.8 Å². The molecule has 1 atom stereocenters. The maximum Gasteiger partial charge on any atom is 2.00 e. The van der Waals surface area contributed by atoms with Crippen LogP contribution in [0.15, 0.2) is 11.6 Å². The zero-order valence-corrected chi connectivity index (χ0v) is 11.6. The Morgan fingerprint density at radius 2 is 2.00 bits per heavy atom. The molecule has 0 heterocycles.